The number of halogens is 1. The first kappa shape index (κ1) is 19.2. The van der Waals surface area contributed by atoms with Crippen molar-refractivity contribution in [1.82, 2.24) is 15.5 Å². The zero-order valence-corrected chi connectivity index (χ0v) is 16.5. The van der Waals surface area contributed by atoms with Crippen LogP contribution in [0.1, 0.15) is 29.2 Å². The van der Waals surface area contributed by atoms with Gasteiger partial charge in [0.1, 0.15) is 6.61 Å². The molecule has 0 fully saturated rings. The summed E-state index contributed by atoms with van der Waals surface area (Å²) in [6.45, 7) is 0.796. The van der Waals surface area contributed by atoms with E-state index in [0.29, 0.717) is 24.7 Å². The molecule has 0 aliphatic heterocycles. The average Bonchev–Trinajstić information content (AvgIpc) is 3.07. The van der Waals surface area contributed by atoms with Gasteiger partial charge in [0.2, 0.25) is 0 Å². The third-order valence-corrected chi connectivity index (χ3v) is 5.07. The molecule has 3 aromatic rings. The summed E-state index contributed by atoms with van der Waals surface area (Å²) in [5, 5.41) is 10.9. The maximum atomic E-state index is 12.1. The number of nitrogens with zero attached hydrogens (tertiary/aromatic N) is 2. The first-order valence-electron chi connectivity index (χ1n) is 9.47. The smallest absolute Gasteiger partial charge is 0.407 e. The van der Waals surface area contributed by atoms with Crippen LogP contribution in [-0.2, 0) is 4.74 Å². The van der Waals surface area contributed by atoms with Crippen molar-refractivity contribution in [2.45, 2.75) is 12.3 Å². The molecule has 0 atom stereocenters. The van der Waals surface area contributed by atoms with Crippen LogP contribution in [0.4, 0.5) is 4.79 Å². The van der Waals surface area contributed by atoms with E-state index < -0.39 is 6.09 Å². The van der Waals surface area contributed by atoms with E-state index in [4.69, 9.17) is 16.3 Å². The molecular weight excluding hydrogens is 386 g/mol. The van der Waals surface area contributed by atoms with Gasteiger partial charge in [-0.3, -0.25) is 0 Å². The number of nitrogens with one attached hydrogen (secondary N) is 1. The van der Waals surface area contributed by atoms with Gasteiger partial charge in [0.25, 0.3) is 0 Å². The standard InChI is InChI=1S/C23H20ClN3O2/c24-22-13-12-16(26-27-22)7-5-6-14-25-23(28)29-15-21-19-10-3-1-8-17(19)18-9-2-4-11-20(18)21/h1-5,7-13,21H,6,14-15H2,(H,25,28). The minimum atomic E-state index is -0.411. The molecule has 0 bridgehead atoms. The highest BCUT2D eigenvalue weighted by molar-refractivity contribution is 6.29. The Bertz CT molecular complexity index is 989. The number of hydrogen-bond acceptors (Lipinski definition) is 4. The lowest BCUT2D eigenvalue weighted by molar-refractivity contribution is 0.143. The van der Waals surface area contributed by atoms with Crippen LogP contribution in [0.15, 0.2) is 66.7 Å². The Kier molecular flexibility index (Phi) is 5.86. The number of carbonyl (C=O) groups is 1. The quantitative estimate of drug-likeness (QED) is 0.581. The van der Waals surface area contributed by atoms with Gasteiger partial charge in [-0.25, -0.2) is 4.79 Å². The second-order valence-corrected chi connectivity index (χ2v) is 7.11. The average molecular weight is 406 g/mol. The molecule has 5 nitrogen and oxygen atoms in total. The first-order valence-corrected chi connectivity index (χ1v) is 9.85. The summed E-state index contributed by atoms with van der Waals surface area (Å²) in [4.78, 5) is 12.1. The number of alkyl carbamates (subject to hydrolysis) is 1. The Morgan fingerprint density at radius 2 is 1.69 bits per heavy atom. The number of fused-ring (bicyclic) bond motifs is 3. The summed E-state index contributed by atoms with van der Waals surface area (Å²) in [6, 6.07) is 20.0. The second-order valence-electron chi connectivity index (χ2n) is 6.72. The Morgan fingerprint density at radius 3 is 2.34 bits per heavy atom. The van der Waals surface area contributed by atoms with E-state index in [1.807, 2.05) is 36.4 Å². The SMILES string of the molecule is O=C(NCCC=Cc1ccc(Cl)nn1)OCC1c2ccccc2-c2ccccc21. The number of aromatic nitrogens is 2. The summed E-state index contributed by atoms with van der Waals surface area (Å²) in [7, 11) is 0. The van der Waals surface area contributed by atoms with E-state index in [1.54, 1.807) is 12.1 Å². The highest BCUT2D eigenvalue weighted by Crippen LogP contribution is 2.44. The van der Waals surface area contributed by atoms with Crippen LogP contribution in [0, 0.1) is 0 Å². The summed E-state index contributed by atoms with van der Waals surface area (Å²) >= 11 is 5.70. The van der Waals surface area contributed by atoms with Crippen molar-refractivity contribution >= 4 is 23.8 Å². The van der Waals surface area contributed by atoms with Crippen molar-refractivity contribution in [3.8, 4) is 11.1 Å². The summed E-state index contributed by atoms with van der Waals surface area (Å²) in [5.74, 6) is 0.0662. The summed E-state index contributed by atoms with van der Waals surface area (Å²) < 4.78 is 5.51. The van der Waals surface area contributed by atoms with Crippen LogP contribution in [0.2, 0.25) is 5.15 Å². The molecule has 0 unspecified atom stereocenters. The van der Waals surface area contributed by atoms with Crippen LogP contribution in [0.25, 0.3) is 17.2 Å². The van der Waals surface area contributed by atoms with Gasteiger partial charge in [-0.05, 0) is 46.9 Å². The second kappa shape index (κ2) is 8.88. The third kappa shape index (κ3) is 4.46. The zero-order valence-electron chi connectivity index (χ0n) is 15.7. The van der Waals surface area contributed by atoms with E-state index in [9.17, 15) is 4.79 Å². The van der Waals surface area contributed by atoms with Gasteiger partial charge in [0, 0.05) is 12.5 Å². The van der Waals surface area contributed by atoms with E-state index in [-0.39, 0.29) is 5.92 Å². The number of rotatable bonds is 6. The molecule has 1 aliphatic carbocycles. The van der Waals surface area contributed by atoms with Crippen molar-refractivity contribution in [2.24, 2.45) is 0 Å². The molecule has 0 saturated heterocycles. The molecule has 1 N–H and O–H groups in total. The molecule has 146 valence electrons. The van der Waals surface area contributed by atoms with Gasteiger partial charge in [-0.1, -0.05) is 66.2 Å². The van der Waals surface area contributed by atoms with Gasteiger partial charge in [0.05, 0.1) is 5.69 Å². The van der Waals surface area contributed by atoms with Crippen LogP contribution < -0.4 is 5.32 Å². The molecule has 29 heavy (non-hydrogen) atoms. The topological polar surface area (TPSA) is 64.1 Å². The van der Waals surface area contributed by atoms with Crippen molar-refractivity contribution in [3.05, 3.63) is 88.7 Å². The molecule has 1 aromatic heterocycles. The molecule has 1 aliphatic rings. The fourth-order valence-electron chi connectivity index (χ4n) is 3.53. The molecule has 0 radical (unpaired) electrons. The molecule has 1 heterocycles. The maximum absolute atomic E-state index is 12.1. The van der Waals surface area contributed by atoms with Gasteiger partial charge in [0.15, 0.2) is 5.15 Å². The van der Waals surface area contributed by atoms with Gasteiger partial charge in [-0.2, -0.15) is 0 Å². The highest BCUT2D eigenvalue weighted by atomic mass is 35.5. The Morgan fingerprint density at radius 1 is 1.00 bits per heavy atom. The van der Waals surface area contributed by atoms with E-state index >= 15 is 0 Å². The Balaban J connectivity index is 1.27. The predicted octanol–water partition coefficient (Wildman–Crippen LogP) is 5.07. The van der Waals surface area contributed by atoms with Crippen molar-refractivity contribution in [2.75, 3.05) is 13.2 Å². The third-order valence-electron chi connectivity index (χ3n) is 4.87. The van der Waals surface area contributed by atoms with Crippen LogP contribution in [0.5, 0.6) is 0 Å². The summed E-state index contributed by atoms with van der Waals surface area (Å²) in [5.41, 5.74) is 5.55. The van der Waals surface area contributed by atoms with E-state index in [1.165, 1.54) is 22.3 Å². The van der Waals surface area contributed by atoms with Gasteiger partial charge < -0.3 is 10.1 Å². The lowest BCUT2D eigenvalue weighted by Crippen LogP contribution is -2.26. The Hall–Kier alpha value is -3.18. The lowest BCUT2D eigenvalue weighted by atomic mass is 9.98. The van der Waals surface area contributed by atoms with Gasteiger partial charge in [-0.15, -0.1) is 10.2 Å². The maximum Gasteiger partial charge on any atom is 0.407 e. The van der Waals surface area contributed by atoms with Crippen LogP contribution in [-0.4, -0.2) is 29.4 Å². The Labute approximate surface area is 174 Å². The largest absolute Gasteiger partial charge is 0.449 e. The molecule has 0 spiro atoms. The fraction of sp³-hybridized carbons (Fsp3) is 0.174. The number of benzene rings is 2. The zero-order chi connectivity index (χ0) is 20.1. The molecule has 0 saturated carbocycles. The number of amides is 1. The van der Waals surface area contributed by atoms with Crippen molar-refractivity contribution in [1.29, 1.82) is 0 Å². The van der Waals surface area contributed by atoms with Gasteiger partial charge >= 0.3 is 6.09 Å². The van der Waals surface area contributed by atoms with E-state index in [0.717, 1.165) is 5.69 Å². The molecule has 1 amide bonds. The predicted molar refractivity (Wildman–Crippen MR) is 114 cm³/mol. The minimum Gasteiger partial charge on any atom is -0.449 e. The molecule has 6 heteroatoms. The van der Waals surface area contributed by atoms with Crippen LogP contribution in [0.3, 0.4) is 0 Å². The summed E-state index contributed by atoms with van der Waals surface area (Å²) in [6.07, 6.45) is 4.00. The molecule has 4 rings (SSSR count). The number of ether oxygens (including phenoxy) is 1. The molecule has 2 aromatic carbocycles. The molecular formula is C23H20ClN3O2. The first-order chi connectivity index (χ1) is 14.2. The fourth-order valence-corrected chi connectivity index (χ4v) is 3.63. The lowest BCUT2D eigenvalue weighted by Gasteiger charge is -2.14. The number of hydrogen-bond donors (Lipinski definition) is 1. The minimum absolute atomic E-state index is 0.0662. The normalized spacial score (nSPS) is 12.6. The number of carbonyl (C=O) groups excluding carboxylic acids is 1. The van der Waals surface area contributed by atoms with Crippen molar-refractivity contribution < 1.29 is 9.53 Å². The van der Waals surface area contributed by atoms with Crippen molar-refractivity contribution in [3.63, 3.8) is 0 Å². The monoisotopic (exact) mass is 405 g/mol. The van der Waals surface area contributed by atoms with E-state index in [2.05, 4.69) is 39.8 Å². The highest BCUT2D eigenvalue weighted by Gasteiger charge is 2.28. The van der Waals surface area contributed by atoms with Crippen LogP contribution >= 0.6 is 11.6 Å².